The second kappa shape index (κ2) is 21.7. The van der Waals surface area contributed by atoms with Crippen molar-refractivity contribution in [3.05, 3.63) is 0 Å². The molecule has 0 bridgehead atoms. The highest BCUT2D eigenvalue weighted by Gasteiger charge is 2.20. The molecule has 0 spiro atoms. The van der Waals surface area contributed by atoms with Gasteiger partial charge in [0.1, 0.15) is 0 Å². The van der Waals surface area contributed by atoms with E-state index in [4.69, 9.17) is 24.0 Å². The van der Waals surface area contributed by atoms with Gasteiger partial charge in [-0.1, -0.05) is 17.8 Å². The Balaban J connectivity index is -0.000000416. The minimum absolute atomic E-state index is 0.0365. The van der Waals surface area contributed by atoms with Crippen molar-refractivity contribution in [3.63, 3.8) is 0 Å². The summed E-state index contributed by atoms with van der Waals surface area (Å²) in [5.74, 6) is 6.68. The van der Waals surface area contributed by atoms with E-state index in [2.05, 4.69) is 27.2 Å². The van der Waals surface area contributed by atoms with Gasteiger partial charge in [-0.3, -0.25) is 0 Å². The van der Waals surface area contributed by atoms with Crippen molar-refractivity contribution in [1.29, 1.82) is 0 Å². The summed E-state index contributed by atoms with van der Waals surface area (Å²) in [4.78, 5) is 37.4. The summed E-state index contributed by atoms with van der Waals surface area (Å²) in [6, 6.07) is 0.260. The van der Waals surface area contributed by atoms with Gasteiger partial charge < -0.3 is 28.9 Å². The highest BCUT2D eigenvalue weighted by molar-refractivity contribution is 5.68. The topological polar surface area (TPSA) is 88.6 Å². The fraction of sp³-hybridized carbons (Fsp3) is 0.625. The minimum Gasteiger partial charge on any atom is -0.436 e. The average molecular weight is 466 g/mol. The summed E-state index contributed by atoms with van der Waals surface area (Å²) in [5.41, 5.74) is 0. The summed E-state index contributed by atoms with van der Waals surface area (Å²) in [7, 11) is 3.19. The smallest absolute Gasteiger partial charge is 0.411 e. The van der Waals surface area contributed by atoms with E-state index in [0.717, 1.165) is 0 Å². The van der Waals surface area contributed by atoms with Crippen molar-refractivity contribution in [3.8, 4) is 37.0 Å². The summed E-state index contributed by atoms with van der Waals surface area (Å²) < 4.78 is 14.0. The van der Waals surface area contributed by atoms with Crippen LogP contribution in [0.4, 0.5) is 14.4 Å². The Hall–Kier alpha value is -3.51. The van der Waals surface area contributed by atoms with E-state index < -0.39 is 6.09 Å². The van der Waals surface area contributed by atoms with E-state index in [1.54, 1.807) is 23.9 Å². The Bertz CT molecular complexity index is 672. The molecule has 0 aromatic carbocycles. The molecule has 3 amide bonds. The molecule has 0 radical (unpaired) electrons. The van der Waals surface area contributed by atoms with Crippen molar-refractivity contribution >= 4 is 18.3 Å². The number of carbonyl (C=O) groups is 3. The lowest BCUT2D eigenvalue weighted by molar-refractivity contribution is 0.0889. The molecule has 0 saturated heterocycles. The molecule has 0 aliphatic rings. The predicted molar refractivity (Wildman–Crippen MR) is 129 cm³/mol. The standard InChI is InChI=1S/C10H17NO2.C8H13NO2.C6H9NO2/c1-6-7-13-10(12)11(8(2)3)9(4)5;1-4-7-11-8(10)9(5-2)6-3;1-4-5-9-6(8)7(2)3/h1,8-9H,7H2,2-5H3;1H,5-7H2,2-3H3;1H,5H2,2-3H3. The molecule has 0 aliphatic carbocycles. The van der Waals surface area contributed by atoms with Crippen LogP contribution in [0.15, 0.2) is 0 Å². The highest BCUT2D eigenvalue weighted by Crippen LogP contribution is 2.06. The molecule has 0 N–H and O–H groups in total. The van der Waals surface area contributed by atoms with Gasteiger partial charge in [-0.2, -0.15) is 0 Å². The van der Waals surface area contributed by atoms with Crippen LogP contribution in [0.3, 0.4) is 0 Å². The van der Waals surface area contributed by atoms with E-state index in [-0.39, 0.29) is 44.1 Å². The van der Waals surface area contributed by atoms with Crippen LogP contribution in [0, 0.1) is 37.0 Å². The van der Waals surface area contributed by atoms with Crippen LogP contribution >= 0.6 is 0 Å². The molecule has 0 atom stereocenters. The molecule has 0 aromatic rings. The Morgan fingerprint density at radius 3 is 1.30 bits per heavy atom. The molecule has 0 rings (SSSR count). The van der Waals surface area contributed by atoms with Crippen LogP contribution in [0.1, 0.15) is 41.5 Å². The van der Waals surface area contributed by atoms with Crippen LogP contribution in [0.25, 0.3) is 0 Å². The van der Waals surface area contributed by atoms with Gasteiger partial charge in [0.05, 0.1) is 0 Å². The maximum Gasteiger partial charge on any atom is 0.411 e. The van der Waals surface area contributed by atoms with Gasteiger partial charge in [0.15, 0.2) is 19.8 Å². The first-order valence-corrected chi connectivity index (χ1v) is 10.5. The van der Waals surface area contributed by atoms with Crippen LogP contribution in [-0.4, -0.2) is 92.1 Å². The molecule has 186 valence electrons. The predicted octanol–water partition coefficient (Wildman–Crippen LogP) is 3.29. The van der Waals surface area contributed by atoms with Gasteiger partial charge >= 0.3 is 18.3 Å². The summed E-state index contributed by atoms with van der Waals surface area (Å²) in [6.45, 7) is 13.0. The number of rotatable bonds is 7. The quantitative estimate of drug-likeness (QED) is 0.423. The second-order valence-electron chi connectivity index (χ2n) is 6.94. The summed E-state index contributed by atoms with van der Waals surface area (Å²) >= 11 is 0. The lowest BCUT2D eigenvalue weighted by atomic mass is 10.2. The molecule has 0 saturated carbocycles. The SMILES string of the molecule is C#CCOC(=O)N(C(C)C)C(C)C.C#CCOC(=O)N(C)C.C#CCOC(=O)N(CC)CC. The maximum atomic E-state index is 11.4. The number of nitrogens with zero attached hydrogens (tertiary/aromatic N) is 3. The Labute approximate surface area is 199 Å². The number of hydrogen-bond acceptors (Lipinski definition) is 6. The van der Waals surface area contributed by atoms with E-state index in [1.807, 2.05) is 41.5 Å². The monoisotopic (exact) mass is 465 g/mol. The first-order valence-electron chi connectivity index (χ1n) is 10.5. The maximum absolute atomic E-state index is 11.4. The van der Waals surface area contributed by atoms with E-state index in [1.165, 1.54) is 4.90 Å². The second-order valence-corrected chi connectivity index (χ2v) is 6.94. The number of carbonyl (C=O) groups excluding carboxylic acids is 3. The number of ether oxygens (including phenoxy) is 3. The van der Waals surface area contributed by atoms with Gasteiger partial charge in [-0.25, -0.2) is 14.4 Å². The first kappa shape index (κ1) is 34.1. The average Bonchev–Trinajstić information content (AvgIpc) is 2.75. The third kappa shape index (κ3) is 18.9. The molecule has 0 aliphatic heterocycles. The largest absolute Gasteiger partial charge is 0.436 e. The Morgan fingerprint density at radius 2 is 1.03 bits per heavy atom. The van der Waals surface area contributed by atoms with Crippen LogP contribution in [0.2, 0.25) is 0 Å². The molecule has 0 heterocycles. The van der Waals surface area contributed by atoms with Crippen molar-refractivity contribution in [2.24, 2.45) is 0 Å². The third-order valence-corrected chi connectivity index (χ3v) is 3.55. The number of terminal acetylenes is 3. The van der Waals surface area contributed by atoms with Crippen LogP contribution < -0.4 is 0 Å². The molecule has 0 unspecified atom stereocenters. The molecule has 0 aromatic heterocycles. The first-order chi connectivity index (χ1) is 15.4. The molecule has 33 heavy (non-hydrogen) atoms. The van der Waals surface area contributed by atoms with Crippen LogP contribution in [0.5, 0.6) is 0 Å². The summed E-state index contributed by atoms with van der Waals surface area (Å²) in [5, 5.41) is 0. The lowest BCUT2D eigenvalue weighted by Crippen LogP contribution is -2.42. The highest BCUT2D eigenvalue weighted by atomic mass is 16.6. The zero-order valence-corrected chi connectivity index (χ0v) is 21.2. The van der Waals surface area contributed by atoms with Gasteiger partial charge in [-0.05, 0) is 41.5 Å². The molecular weight excluding hydrogens is 426 g/mol. The van der Waals surface area contributed by atoms with Crippen molar-refractivity contribution in [1.82, 2.24) is 14.7 Å². The van der Waals surface area contributed by atoms with Gasteiger partial charge in [0.25, 0.3) is 0 Å². The van der Waals surface area contributed by atoms with Crippen LogP contribution in [-0.2, 0) is 14.2 Å². The third-order valence-electron chi connectivity index (χ3n) is 3.55. The molecule has 9 heteroatoms. The zero-order valence-electron chi connectivity index (χ0n) is 21.2. The fourth-order valence-corrected chi connectivity index (χ4v) is 2.10. The van der Waals surface area contributed by atoms with E-state index >= 15 is 0 Å². The van der Waals surface area contributed by atoms with Gasteiger partial charge in [-0.15, -0.1) is 19.3 Å². The normalized spacial score (nSPS) is 8.82. The van der Waals surface area contributed by atoms with E-state index in [0.29, 0.717) is 13.1 Å². The Kier molecular flexibility index (Phi) is 22.4. The molecule has 9 nitrogen and oxygen atoms in total. The fourth-order valence-electron chi connectivity index (χ4n) is 2.10. The minimum atomic E-state index is -0.409. The van der Waals surface area contributed by atoms with Crippen molar-refractivity contribution < 1.29 is 28.6 Å². The summed E-state index contributed by atoms with van der Waals surface area (Å²) in [6.07, 6.45) is 13.6. The zero-order chi connectivity index (χ0) is 26.4. The van der Waals surface area contributed by atoms with Gasteiger partial charge in [0, 0.05) is 39.3 Å². The van der Waals surface area contributed by atoms with E-state index in [9.17, 15) is 14.4 Å². The number of amides is 3. The number of hydrogen-bond donors (Lipinski definition) is 0. The molecule has 0 fully saturated rings. The lowest BCUT2D eigenvalue weighted by Gasteiger charge is -2.29. The van der Waals surface area contributed by atoms with Crippen molar-refractivity contribution in [2.45, 2.75) is 53.6 Å². The Morgan fingerprint density at radius 1 is 0.697 bits per heavy atom. The molecular formula is C24H39N3O6. The van der Waals surface area contributed by atoms with Gasteiger partial charge in [0.2, 0.25) is 0 Å². The van der Waals surface area contributed by atoms with Crippen molar-refractivity contribution in [2.75, 3.05) is 47.0 Å².